The van der Waals surface area contributed by atoms with E-state index in [9.17, 15) is 18.0 Å². The van der Waals surface area contributed by atoms with Crippen molar-refractivity contribution < 1.29 is 18.0 Å². The molecule has 0 fully saturated rings. The summed E-state index contributed by atoms with van der Waals surface area (Å²) in [5.74, 6) is -0.801. The molecule has 0 bridgehead atoms. The fourth-order valence-corrected chi connectivity index (χ4v) is 3.31. The van der Waals surface area contributed by atoms with Crippen LogP contribution in [0.2, 0.25) is 0 Å². The third kappa shape index (κ3) is 4.58. The van der Waals surface area contributed by atoms with E-state index in [0.717, 1.165) is 11.1 Å². The molecule has 23 heavy (non-hydrogen) atoms. The number of aldehydes is 1. The quantitative estimate of drug-likeness (QED) is 0.618. The third-order valence-electron chi connectivity index (χ3n) is 3.37. The molecule has 120 valence electrons. The molecule has 6 heteroatoms. The van der Waals surface area contributed by atoms with E-state index in [1.807, 2.05) is 13.0 Å². The summed E-state index contributed by atoms with van der Waals surface area (Å²) in [4.78, 5) is 22.7. The number of rotatable bonds is 7. The molecule has 0 aliphatic heterocycles. The highest BCUT2D eigenvalue weighted by Gasteiger charge is 2.25. The normalized spacial score (nSPS) is 12.6. The van der Waals surface area contributed by atoms with Gasteiger partial charge in [0.1, 0.15) is 0 Å². The number of hydrogen-bond acceptors (Lipinski definition) is 4. The standard InChI is InChI=1S/C17H17NO4S/c1-13-7-9-15(10-8-13)23(21,22)18-16(17(20)12-19)11-14-5-3-2-4-6-14/h2-10,12,16,18H,11H2,1H3/t16-/m0/s1. The van der Waals surface area contributed by atoms with Crippen molar-refractivity contribution >= 4 is 22.1 Å². The number of carbonyl (C=O) groups excluding carboxylic acids is 2. The second-order valence-electron chi connectivity index (χ2n) is 5.20. The van der Waals surface area contributed by atoms with Crippen LogP contribution in [0.5, 0.6) is 0 Å². The van der Waals surface area contributed by atoms with E-state index < -0.39 is 21.8 Å². The van der Waals surface area contributed by atoms with E-state index >= 15 is 0 Å². The zero-order chi connectivity index (χ0) is 16.9. The van der Waals surface area contributed by atoms with Crippen LogP contribution in [0, 0.1) is 6.92 Å². The topological polar surface area (TPSA) is 80.3 Å². The molecule has 1 atom stereocenters. The monoisotopic (exact) mass is 331 g/mol. The first-order chi connectivity index (χ1) is 10.9. The third-order valence-corrected chi connectivity index (χ3v) is 4.86. The van der Waals surface area contributed by atoms with Crippen LogP contribution in [0.25, 0.3) is 0 Å². The van der Waals surface area contributed by atoms with Gasteiger partial charge in [-0.25, -0.2) is 8.42 Å². The highest BCUT2D eigenvalue weighted by molar-refractivity contribution is 7.89. The summed E-state index contributed by atoms with van der Waals surface area (Å²) in [5, 5.41) is 0. The lowest BCUT2D eigenvalue weighted by Crippen LogP contribution is -2.42. The van der Waals surface area contributed by atoms with Gasteiger partial charge in [0.2, 0.25) is 15.8 Å². The zero-order valence-electron chi connectivity index (χ0n) is 12.6. The first-order valence-corrected chi connectivity index (χ1v) is 8.52. The van der Waals surface area contributed by atoms with Gasteiger partial charge in [0.05, 0.1) is 10.9 Å². The van der Waals surface area contributed by atoms with Crippen molar-refractivity contribution in [1.29, 1.82) is 0 Å². The van der Waals surface area contributed by atoms with Gasteiger partial charge >= 0.3 is 0 Å². The highest BCUT2D eigenvalue weighted by atomic mass is 32.2. The maximum Gasteiger partial charge on any atom is 0.241 e. The second kappa shape index (κ2) is 7.30. The first kappa shape index (κ1) is 17.1. The lowest BCUT2D eigenvalue weighted by molar-refractivity contribution is -0.130. The number of hydrogen-bond donors (Lipinski definition) is 1. The van der Waals surface area contributed by atoms with Crippen molar-refractivity contribution in [3.05, 3.63) is 65.7 Å². The molecular formula is C17H17NO4S. The Morgan fingerprint density at radius 2 is 1.70 bits per heavy atom. The summed E-state index contributed by atoms with van der Waals surface area (Å²) in [6, 6.07) is 14.1. The van der Waals surface area contributed by atoms with Crippen LogP contribution in [-0.4, -0.2) is 26.5 Å². The number of ketones is 1. The minimum absolute atomic E-state index is 0.0554. The average molecular weight is 331 g/mol. The Labute approximate surface area is 135 Å². The number of sulfonamides is 1. The molecule has 2 aromatic carbocycles. The summed E-state index contributed by atoms with van der Waals surface area (Å²) < 4.78 is 27.1. The fraction of sp³-hybridized carbons (Fsp3) is 0.176. The molecule has 5 nitrogen and oxygen atoms in total. The molecule has 0 amide bonds. The molecule has 0 heterocycles. The lowest BCUT2D eigenvalue weighted by atomic mass is 10.0. The maximum absolute atomic E-state index is 12.4. The highest BCUT2D eigenvalue weighted by Crippen LogP contribution is 2.12. The van der Waals surface area contributed by atoms with Gasteiger partial charge in [-0.2, -0.15) is 4.72 Å². The van der Waals surface area contributed by atoms with E-state index in [4.69, 9.17) is 0 Å². The molecular weight excluding hydrogens is 314 g/mol. The summed E-state index contributed by atoms with van der Waals surface area (Å²) in [7, 11) is -3.88. The van der Waals surface area contributed by atoms with Crippen LogP contribution in [0.3, 0.4) is 0 Å². The van der Waals surface area contributed by atoms with E-state index in [0.29, 0.717) is 0 Å². The van der Waals surface area contributed by atoms with Gasteiger partial charge in [-0.05, 0) is 31.0 Å². The van der Waals surface area contributed by atoms with Crippen molar-refractivity contribution in [1.82, 2.24) is 4.72 Å². The molecule has 0 aromatic heterocycles. The minimum atomic E-state index is -3.88. The van der Waals surface area contributed by atoms with E-state index in [-0.39, 0.29) is 17.6 Å². The van der Waals surface area contributed by atoms with Crippen molar-refractivity contribution in [2.75, 3.05) is 0 Å². The number of aryl methyl sites for hydroxylation is 1. The fourth-order valence-electron chi connectivity index (χ4n) is 2.11. The largest absolute Gasteiger partial charge is 0.295 e. The molecule has 0 spiro atoms. The summed E-state index contributed by atoms with van der Waals surface area (Å²) in [6.07, 6.45) is 0.259. The Morgan fingerprint density at radius 3 is 2.26 bits per heavy atom. The number of carbonyl (C=O) groups is 2. The SMILES string of the molecule is Cc1ccc(S(=O)(=O)N[C@@H](Cc2ccccc2)C(=O)C=O)cc1. The number of Topliss-reactive ketones (excluding diaryl/α,β-unsaturated/α-hetero) is 1. The Hall–Kier alpha value is -2.31. The summed E-state index contributed by atoms with van der Waals surface area (Å²) >= 11 is 0. The van der Waals surface area contributed by atoms with Crippen molar-refractivity contribution in [2.24, 2.45) is 0 Å². The van der Waals surface area contributed by atoms with E-state index in [1.165, 1.54) is 12.1 Å². The van der Waals surface area contributed by atoms with Crippen LogP contribution < -0.4 is 4.72 Å². The van der Waals surface area contributed by atoms with Crippen LogP contribution >= 0.6 is 0 Å². The van der Waals surface area contributed by atoms with Gasteiger partial charge in [-0.15, -0.1) is 0 Å². The first-order valence-electron chi connectivity index (χ1n) is 7.04. The van der Waals surface area contributed by atoms with E-state index in [1.54, 1.807) is 36.4 Å². The van der Waals surface area contributed by atoms with Crippen LogP contribution in [-0.2, 0) is 26.0 Å². The Kier molecular flexibility index (Phi) is 5.41. The maximum atomic E-state index is 12.4. The van der Waals surface area contributed by atoms with Crippen molar-refractivity contribution in [3.8, 4) is 0 Å². The number of benzene rings is 2. The zero-order valence-corrected chi connectivity index (χ0v) is 13.4. The molecule has 0 radical (unpaired) electrons. The molecule has 0 aliphatic rings. The van der Waals surface area contributed by atoms with Crippen LogP contribution in [0.4, 0.5) is 0 Å². The average Bonchev–Trinajstić information content (AvgIpc) is 2.54. The smallest absolute Gasteiger partial charge is 0.241 e. The Bertz CT molecular complexity index is 783. The second-order valence-corrected chi connectivity index (χ2v) is 6.91. The molecule has 2 rings (SSSR count). The lowest BCUT2D eigenvalue weighted by Gasteiger charge is -2.15. The van der Waals surface area contributed by atoms with Gasteiger partial charge in [-0.1, -0.05) is 48.0 Å². The minimum Gasteiger partial charge on any atom is -0.295 e. The van der Waals surface area contributed by atoms with Gasteiger partial charge in [0.15, 0.2) is 6.29 Å². The van der Waals surface area contributed by atoms with Crippen LogP contribution in [0.1, 0.15) is 11.1 Å². The molecule has 0 saturated carbocycles. The van der Waals surface area contributed by atoms with Crippen molar-refractivity contribution in [2.45, 2.75) is 24.3 Å². The summed E-state index contributed by atoms with van der Waals surface area (Å²) in [6.45, 7) is 1.85. The van der Waals surface area contributed by atoms with Gasteiger partial charge < -0.3 is 0 Å². The van der Waals surface area contributed by atoms with Gasteiger partial charge in [-0.3, -0.25) is 9.59 Å². The predicted molar refractivity (Wildman–Crippen MR) is 86.5 cm³/mol. The molecule has 0 aliphatic carbocycles. The van der Waals surface area contributed by atoms with Gasteiger partial charge in [0.25, 0.3) is 0 Å². The Morgan fingerprint density at radius 1 is 1.09 bits per heavy atom. The number of nitrogens with one attached hydrogen (secondary N) is 1. The molecule has 2 aromatic rings. The molecule has 1 N–H and O–H groups in total. The predicted octanol–water partition coefficient (Wildman–Crippen LogP) is 1.65. The summed E-state index contributed by atoms with van der Waals surface area (Å²) in [5.41, 5.74) is 1.69. The van der Waals surface area contributed by atoms with Crippen molar-refractivity contribution in [3.63, 3.8) is 0 Å². The Balaban J connectivity index is 2.24. The van der Waals surface area contributed by atoms with Crippen LogP contribution in [0.15, 0.2) is 59.5 Å². The molecule has 0 saturated heterocycles. The van der Waals surface area contributed by atoms with E-state index in [2.05, 4.69) is 4.72 Å². The van der Waals surface area contributed by atoms with Gasteiger partial charge in [0, 0.05) is 0 Å². The molecule has 0 unspecified atom stereocenters.